The van der Waals surface area contributed by atoms with E-state index in [4.69, 9.17) is 0 Å². The van der Waals surface area contributed by atoms with Crippen LogP contribution in [0.2, 0.25) is 0 Å². The highest BCUT2D eigenvalue weighted by molar-refractivity contribution is 8.01. The molecule has 4 rings (SSSR count). The zero-order valence-corrected chi connectivity index (χ0v) is 17.3. The van der Waals surface area contributed by atoms with Crippen LogP contribution in [-0.4, -0.2) is 41.0 Å². The molecule has 6 nitrogen and oxygen atoms in total. The number of amides is 3. The lowest BCUT2D eigenvalue weighted by molar-refractivity contribution is -0.136. The molecule has 2 aromatic rings. The van der Waals surface area contributed by atoms with Gasteiger partial charge in [0.05, 0.1) is 11.6 Å². The summed E-state index contributed by atoms with van der Waals surface area (Å²) < 4.78 is 13.7. The second kappa shape index (κ2) is 8.47. The van der Waals surface area contributed by atoms with Crippen molar-refractivity contribution in [2.75, 3.05) is 23.7 Å². The van der Waals surface area contributed by atoms with Gasteiger partial charge in [-0.1, -0.05) is 18.2 Å². The van der Waals surface area contributed by atoms with Gasteiger partial charge in [-0.05, 0) is 49.6 Å². The van der Waals surface area contributed by atoms with Gasteiger partial charge in [-0.3, -0.25) is 14.4 Å². The van der Waals surface area contributed by atoms with Gasteiger partial charge in [0, 0.05) is 23.7 Å². The van der Waals surface area contributed by atoms with E-state index in [2.05, 4.69) is 10.6 Å². The van der Waals surface area contributed by atoms with E-state index < -0.39 is 11.2 Å². The van der Waals surface area contributed by atoms with Crippen LogP contribution < -0.4 is 10.6 Å². The number of piperidine rings is 1. The summed E-state index contributed by atoms with van der Waals surface area (Å²) in [4.78, 5) is 40.6. The molecule has 0 aromatic heterocycles. The standard InChI is InChI=1S/C22H22FN3O3S/c1-13-8-9-15(11-16(13)23)24-20(27)14-5-4-10-26(12-14)22(29)19-21(28)25-17-6-2-3-7-18(17)30-19/h2-3,6-9,11,14,19H,4-5,10,12H2,1H3,(H,24,27)(H,25,28)/t14-,19+/m1/s1. The summed E-state index contributed by atoms with van der Waals surface area (Å²) in [6, 6.07) is 11.9. The molecule has 0 unspecified atom stereocenters. The number of hydrogen-bond donors (Lipinski definition) is 2. The van der Waals surface area contributed by atoms with Crippen LogP contribution >= 0.6 is 11.8 Å². The Morgan fingerprint density at radius 3 is 2.83 bits per heavy atom. The first-order valence-corrected chi connectivity index (χ1v) is 10.7. The van der Waals surface area contributed by atoms with E-state index in [9.17, 15) is 18.8 Å². The summed E-state index contributed by atoms with van der Waals surface area (Å²) in [6.07, 6.45) is 1.30. The number of anilines is 2. The highest BCUT2D eigenvalue weighted by atomic mass is 32.2. The third-order valence-electron chi connectivity index (χ3n) is 5.40. The molecule has 2 heterocycles. The maximum Gasteiger partial charge on any atom is 0.247 e. The van der Waals surface area contributed by atoms with E-state index in [-0.39, 0.29) is 30.1 Å². The van der Waals surface area contributed by atoms with E-state index in [1.165, 1.54) is 17.8 Å². The number of carbonyl (C=O) groups excluding carboxylic acids is 3. The molecule has 2 aliphatic heterocycles. The highest BCUT2D eigenvalue weighted by Gasteiger charge is 2.38. The van der Waals surface area contributed by atoms with Crippen LogP contribution in [0.1, 0.15) is 18.4 Å². The Hall–Kier alpha value is -2.87. The minimum atomic E-state index is -0.868. The third-order valence-corrected chi connectivity index (χ3v) is 6.66. The van der Waals surface area contributed by atoms with Crippen LogP contribution in [0.3, 0.4) is 0 Å². The first-order valence-electron chi connectivity index (χ1n) is 9.85. The predicted octanol–water partition coefficient (Wildman–Crippen LogP) is 3.42. The monoisotopic (exact) mass is 427 g/mol. The summed E-state index contributed by atoms with van der Waals surface area (Å²) in [6.45, 7) is 2.40. The van der Waals surface area contributed by atoms with Crippen molar-refractivity contribution < 1.29 is 18.8 Å². The quantitative estimate of drug-likeness (QED) is 0.736. The van der Waals surface area contributed by atoms with Crippen molar-refractivity contribution in [2.24, 2.45) is 5.92 Å². The number of benzene rings is 2. The van der Waals surface area contributed by atoms with Gasteiger partial charge < -0.3 is 15.5 Å². The topological polar surface area (TPSA) is 78.5 Å². The number of halogens is 1. The maximum atomic E-state index is 13.7. The van der Waals surface area contributed by atoms with Crippen molar-refractivity contribution in [1.82, 2.24) is 4.90 Å². The average molecular weight is 428 g/mol. The molecule has 8 heteroatoms. The Balaban J connectivity index is 1.42. The molecule has 2 aliphatic rings. The predicted molar refractivity (Wildman–Crippen MR) is 114 cm³/mol. The fourth-order valence-electron chi connectivity index (χ4n) is 3.69. The fourth-order valence-corrected chi connectivity index (χ4v) is 4.76. The molecular formula is C22H22FN3O3S. The Morgan fingerprint density at radius 1 is 1.23 bits per heavy atom. The first kappa shape index (κ1) is 20.4. The number of rotatable bonds is 3. The van der Waals surface area contributed by atoms with Crippen LogP contribution in [0.5, 0.6) is 0 Å². The Labute approximate surface area is 178 Å². The molecule has 0 aliphatic carbocycles. The Kier molecular flexibility index (Phi) is 5.76. The number of fused-ring (bicyclic) bond motifs is 1. The lowest BCUT2D eigenvalue weighted by Gasteiger charge is -2.35. The van der Waals surface area contributed by atoms with Gasteiger partial charge in [0.1, 0.15) is 5.82 Å². The van der Waals surface area contributed by atoms with E-state index in [1.54, 1.807) is 30.0 Å². The molecule has 2 N–H and O–H groups in total. The van der Waals surface area contributed by atoms with E-state index in [0.717, 1.165) is 4.90 Å². The van der Waals surface area contributed by atoms with Gasteiger partial charge in [0.15, 0.2) is 5.25 Å². The smallest absolute Gasteiger partial charge is 0.247 e. The molecule has 1 fully saturated rings. The summed E-state index contributed by atoms with van der Waals surface area (Å²) in [5, 5.41) is 4.66. The fraction of sp³-hybridized carbons (Fsp3) is 0.318. The number of thioether (sulfide) groups is 1. The van der Waals surface area contributed by atoms with Gasteiger partial charge in [0.25, 0.3) is 0 Å². The van der Waals surface area contributed by atoms with Crippen molar-refractivity contribution in [3.05, 3.63) is 53.8 Å². The summed E-state index contributed by atoms with van der Waals surface area (Å²) in [5.74, 6) is -1.66. The van der Waals surface area contributed by atoms with Crippen LogP contribution in [0.15, 0.2) is 47.4 Å². The molecule has 1 saturated heterocycles. The molecule has 156 valence electrons. The van der Waals surface area contributed by atoms with Gasteiger partial charge in [-0.2, -0.15) is 0 Å². The van der Waals surface area contributed by atoms with Gasteiger partial charge in [-0.15, -0.1) is 11.8 Å². The SMILES string of the molecule is Cc1ccc(NC(=O)[C@@H]2CCCN(C(=O)[C@H]3Sc4ccccc4NC3=O)C2)cc1F. The number of hydrogen-bond acceptors (Lipinski definition) is 4. The van der Waals surface area contributed by atoms with Gasteiger partial charge in [0.2, 0.25) is 17.7 Å². The van der Waals surface area contributed by atoms with Crippen molar-refractivity contribution in [3.63, 3.8) is 0 Å². The number of para-hydroxylation sites is 1. The molecule has 2 aromatic carbocycles. The zero-order valence-electron chi connectivity index (χ0n) is 16.5. The minimum Gasteiger partial charge on any atom is -0.340 e. The highest BCUT2D eigenvalue weighted by Crippen LogP contribution is 2.36. The van der Waals surface area contributed by atoms with Crippen molar-refractivity contribution in [3.8, 4) is 0 Å². The van der Waals surface area contributed by atoms with Crippen LogP contribution in [0.25, 0.3) is 0 Å². The van der Waals surface area contributed by atoms with Crippen LogP contribution in [0.4, 0.5) is 15.8 Å². The lowest BCUT2D eigenvalue weighted by Crippen LogP contribution is -2.50. The Bertz CT molecular complexity index is 1010. The lowest BCUT2D eigenvalue weighted by atomic mass is 9.96. The van der Waals surface area contributed by atoms with Gasteiger partial charge in [-0.25, -0.2) is 4.39 Å². The molecule has 0 bridgehead atoms. The number of likely N-dealkylation sites (tertiary alicyclic amines) is 1. The van der Waals surface area contributed by atoms with Crippen molar-refractivity contribution in [1.29, 1.82) is 0 Å². The normalized spacial score (nSPS) is 20.9. The average Bonchev–Trinajstić information content (AvgIpc) is 2.75. The molecular weight excluding hydrogens is 405 g/mol. The molecule has 0 spiro atoms. The second-order valence-corrected chi connectivity index (χ2v) is 8.71. The number of aryl methyl sites for hydroxylation is 1. The maximum absolute atomic E-state index is 13.7. The van der Waals surface area contributed by atoms with Crippen molar-refractivity contribution >= 4 is 40.9 Å². The molecule has 3 amide bonds. The number of nitrogens with zero attached hydrogens (tertiary/aromatic N) is 1. The molecule has 0 radical (unpaired) electrons. The van der Waals surface area contributed by atoms with Crippen LogP contribution in [0, 0.1) is 18.7 Å². The van der Waals surface area contributed by atoms with E-state index in [0.29, 0.717) is 36.3 Å². The number of nitrogens with one attached hydrogen (secondary N) is 2. The Morgan fingerprint density at radius 2 is 2.03 bits per heavy atom. The third kappa shape index (κ3) is 4.18. The summed E-state index contributed by atoms with van der Waals surface area (Å²) in [7, 11) is 0. The summed E-state index contributed by atoms with van der Waals surface area (Å²) in [5.41, 5.74) is 1.61. The van der Waals surface area contributed by atoms with E-state index >= 15 is 0 Å². The first-order chi connectivity index (χ1) is 14.4. The van der Waals surface area contributed by atoms with Crippen molar-refractivity contribution in [2.45, 2.75) is 29.9 Å². The zero-order chi connectivity index (χ0) is 21.3. The van der Waals surface area contributed by atoms with Gasteiger partial charge >= 0.3 is 0 Å². The minimum absolute atomic E-state index is 0.241. The van der Waals surface area contributed by atoms with E-state index in [1.807, 2.05) is 18.2 Å². The number of carbonyl (C=O) groups is 3. The molecule has 2 atom stereocenters. The largest absolute Gasteiger partial charge is 0.340 e. The molecule has 0 saturated carbocycles. The summed E-state index contributed by atoms with van der Waals surface area (Å²) >= 11 is 1.24. The second-order valence-electron chi connectivity index (χ2n) is 7.56. The van der Waals surface area contributed by atoms with Crippen LogP contribution in [-0.2, 0) is 14.4 Å². The molecule has 30 heavy (non-hydrogen) atoms.